The van der Waals surface area contributed by atoms with Crippen molar-refractivity contribution in [2.45, 2.75) is 25.3 Å². The van der Waals surface area contributed by atoms with Gasteiger partial charge in [-0.05, 0) is 32.4 Å². The normalized spacial score (nSPS) is 23.9. The first-order valence-electron chi connectivity index (χ1n) is 5.42. The average molecular weight is 241 g/mol. The van der Waals surface area contributed by atoms with Crippen molar-refractivity contribution in [2.75, 3.05) is 6.54 Å². The van der Waals surface area contributed by atoms with Gasteiger partial charge in [-0.25, -0.2) is 13.6 Å². The van der Waals surface area contributed by atoms with Gasteiger partial charge in [0.15, 0.2) is 11.6 Å². The van der Waals surface area contributed by atoms with Gasteiger partial charge in [-0.1, -0.05) is 6.07 Å². The van der Waals surface area contributed by atoms with Crippen molar-refractivity contribution < 1.29 is 18.7 Å². The first-order valence-corrected chi connectivity index (χ1v) is 5.42. The van der Waals surface area contributed by atoms with E-state index in [2.05, 4.69) is 5.32 Å². The van der Waals surface area contributed by atoms with Crippen LogP contribution in [0.15, 0.2) is 12.1 Å². The second-order valence-electron chi connectivity index (χ2n) is 4.46. The third-order valence-corrected chi connectivity index (χ3v) is 3.28. The fourth-order valence-electron chi connectivity index (χ4n) is 2.27. The Hall–Kier alpha value is -1.49. The Balaban J connectivity index is 2.51. The van der Waals surface area contributed by atoms with Gasteiger partial charge in [-0.15, -0.1) is 0 Å². The highest BCUT2D eigenvalue weighted by Crippen LogP contribution is 2.33. The van der Waals surface area contributed by atoms with Crippen LogP contribution >= 0.6 is 0 Å². The first kappa shape index (κ1) is 12.0. The molecule has 0 saturated carbocycles. The monoisotopic (exact) mass is 241 g/mol. The highest BCUT2D eigenvalue weighted by molar-refractivity contribution is 5.88. The number of benzene rings is 1. The lowest BCUT2D eigenvalue weighted by atomic mass is 9.89. The number of rotatable bonds is 2. The number of aromatic carboxylic acids is 1. The lowest BCUT2D eigenvalue weighted by Gasteiger charge is -2.25. The van der Waals surface area contributed by atoms with Crippen LogP contribution < -0.4 is 5.32 Å². The minimum absolute atomic E-state index is 0.192. The molecule has 1 atom stereocenters. The van der Waals surface area contributed by atoms with Crippen LogP contribution in [0.4, 0.5) is 8.78 Å². The molecule has 17 heavy (non-hydrogen) atoms. The fourth-order valence-corrected chi connectivity index (χ4v) is 2.27. The van der Waals surface area contributed by atoms with Crippen LogP contribution in [-0.2, 0) is 5.54 Å². The minimum atomic E-state index is -1.46. The number of hydrogen-bond donors (Lipinski definition) is 2. The molecule has 1 saturated heterocycles. The van der Waals surface area contributed by atoms with Gasteiger partial charge >= 0.3 is 5.97 Å². The highest BCUT2D eigenvalue weighted by Gasteiger charge is 2.34. The van der Waals surface area contributed by atoms with Crippen LogP contribution in [0.1, 0.15) is 35.7 Å². The van der Waals surface area contributed by atoms with Crippen molar-refractivity contribution in [1.82, 2.24) is 5.32 Å². The van der Waals surface area contributed by atoms with Gasteiger partial charge in [-0.2, -0.15) is 0 Å². The molecule has 1 heterocycles. The summed E-state index contributed by atoms with van der Waals surface area (Å²) in [4.78, 5) is 10.7. The molecular formula is C12H13F2NO2. The van der Waals surface area contributed by atoms with Crippen molar-refractivity contribution in [3.63, 3.8) is 0 Å². The molecule has 92 valence electrons. The van der Waals surface area contributed by atoms with E-state index in [0.717, 1.165) is 19.0 Å². The summed E-state index contributed by atoms with van der Waals surface area (Å²) in [5, 5.41) is 11.8. The Labute approximate surface area is 97.5 Å². The Morgan fingerprint density at radius 3 is 2.65 bits per heavy atom. The van der Waals surface area contributed by atoms with E-state index in [0.29, 0.717) is 6.42 Å². The van der Waals surface area contributed by atoms with Crippen LogP contribution in [-0.4, -0.2) is 17.6 Å². The maximum Gasteiger partial charge on any atom is 0.338 e. The quantitative estimate of drug-likeness (QED) is 0.835. The summed E-state index contributed by atoms with van der Waals surface area (Å²) in [7, 11) is 0. The van der Waals surface area contributed by atoms with Gasteiger partial charge in [0.05, 0.1) is 5.56 Å². The maximum absolute atomic E-state index is 13.8. The summed E-state index contributed by atoms with van der Waals surface area (Å²) in [6, 6.07) is 2.46. The molecule has 1 fully saturated rings. The third kappa shape index (κ3) is 1.91. The number of halogens is 2. The van der Waals surface area contributed by atoms with Crippen LogP contribution in [0.2, 0.25) is 0 Å². The molecule has 0 aliphatic carbocycles. The molecule has 0 amide bonds. The van der Waals surface area contributed by atoms with Crippen molar-refractivity contribution in [1.29, 1.82) is 0 Å². The second-order valence-corrected chi connectivity index (χ2v) is 4.46. The molecule has 0 radical (unpaired) electrons. The molecule has 0 aromatic heterocycles. The van der Waals surface area contributed by atoms with Crippen LogP contribution in [0, 0.1) is 11.6 Å². The number of carboxylic acids is 1. The van der Waals surface area contributed by atoms with E-state index in [1.807, 2.05) is 0 Å². The lowest BCUT2D eigenvalue weighted by molar-refractivity contribution is 0.0690. The molecule has 2 rings (SSSR count). The zero-order valence-electron chi connectivity index (χ0n) is 9.39. The molecule has 0 bridgehead atoms. The van der Waals surface area contributed by atoms with Crippen LogP contribution in [0.3, 0.4) is 0 Å². The number of nitrogens with one attached hydrogen (secondary N) is 1. The largest absolute Gasteiger partial charge is 0.478 e. The van der Waals surface area contributed by atoms with Gasteiger partial charge in [0.2, 0.25) is 0 Å². The highest BCUT2D eigenvalue weighted by atomic mass is 19.2. The number of carboxylic acid groups (broad SMARTS) is 1. The van der Waals surface area contributed by atoms with Gasteiger partial charge < -0.3 is 10.4 Å². The SMILES string of the molecule is CC1(c2ccc(C(=O)O)c(F)c2F)CCCN1. The summed E-state index contributed by atoms with van der Waals surface area (Å²) >= 11 is 0. The van der Waals surface area contributed by atoms with Gasteiger partial charge in [0, 0.05) is 11.1 Å². The summed E-state index contributed by atoms with van der Waals surface area (Å²) < 4.78 is 27.4. The lowest BCUT2D eigenvalue weighted by Crippen LogP contribution is -2.34. The summed E-state index contributed by atoms with van der Waals surface area (Å²) in [5.41, 5.74) is -1.05. The molecule has 1 aromatic carbocycles. The second kappa shape index (κ2) is 4.07. The van der Waals surface area contributed by atoms with Crippen LogP contribution in [0.25, 0.3) is 0 Å². The van der Waals surface area contributed by atoms with Crippen molar-refractivity contribution in [3.05, 3.63) is 34.9 Å². The van der Waals surface area contributed by atoms with E-state index in [-0.39, 0.29) is 5.56 Å². The average Bonchev–Trinajstić information content (AvgIpc) is 2.69. The Morgan fingerprint density at radius 1 is 1.41 bits per heavy atom. The Kier molecular flexibility index (Phi) is 2.87. The number of hydrogen-bond acceptors (Lipinski definition) is 2. The van der Waals surface area contributed by atoms with E-state index in [1.54, 1.807) is 6.92 Å². The fraction of sp³-hybridized carbons (Fsp3) is 0.417. The predicted molar refractivity (Wildman–Crippen MR) is 57.9 cm³/mol. The van der Waals surface area contributed by atoms with Gasteiger partial charge in [0.1, 0.15) is 0 Å². The van der Waals surface area contributed by atoms with Crippen LogP contribution in [0.5, 0.6) is 0 Å². The molecule has 5 heteroatoms. The Morgan fingerprint density at radius 2 is 2.12 bits per heavy atom. The van der Waals surface area contributed by atoms with Crippen molar-refractivity contribution in [2.24, 2.45) is 0 Å². The maximum atomic E-state index is 13.8. The molecular weight excluding hydrogens is 228 g/mol. The van der Waals surface area contributed by atoms with Gasteiger partial charge in [-0.3, -0.25) is 0 Å². The van der Waals surface area contributed by atoms with E-state index < -0.39 is 28.7 Å². The van der Waals surface area contributed by atoms with Gasteiger partial charge in [0.25, 0.3) is 0 Å². The van der Waals surface area contributed by atoms with E-state index >= 15 is 0 Å². The zero-order valence-corrected chi connectivity index (χ0v) is 9.39. The van der Waals surface area contributed by atoms with Crippen molar-refractivity contribution in [3.8, 4) is 0 Å². The standard InChI is InChI=1S/C12H13F2NO2/c1-12(5-2-6-15-12)8-4-3-7(11(16)17)9(13)10(8)14/h3-4,15H,2,5-6H2,1H3,(H,16,17). The number of carbonyl (C=O) groups is 1. The minimum Gasteiger partial charge on any atom is -0.478 e. The smallest absolute Gasteiger partial charge is 0.338 e. The van der Waals surface area contributed by atoms with E-state index in [4.69, 9.17) is 5.11 Å². The molecule has 2 N–H and O–H groups in total. The first-order chi connectivity index (χ1) is 7.96. The van der Waals surface area contributed by atoms with E-state index in [9.17, 15) is 13.6 Å². The molecule has 3 nitrogen and oxygen atoms in total. The molecule has 1 aliphatic rings. The molecule has 1 unspecified atom stereocenters. The topological polar surface area (TPSA) is 49.3 Å². The molecule has 1 aromatic rings. The third-order valence-electron chi connectivity index (χ3n) is 3.28. The van der Waals surface area contributed by atoms with Crippen molar-refractivity contribution >= 4 is 5.97 Å². The van der Waals surface area contributed by atoms with E-state index in [1.165, 1.54) is 6.07 Å². The summed E-state index contributed by atoms with van der Waals surface area (Å²) in [5.74, 6) is -3.82. The summed E-state index contributed by atoms with van der Waals surface area (Å²) in [6.45, 7) is 2.54. The predicted octanol–water partition coefficient (Wildman–Crippen LogP) is 2.26. The molecule has 1 aliphatic heterocycles. The molecule has 0 spiro atoms. The zero-order chi connectivity index (χ0) is 12.6. The Bertz CT molecular complexity index is 468. The summed E-state index contributed by atoms with van der Waals surface area (Å²) in [6.07, 6.45) is 1.59.